The minimum Gasteiger partial charge on any atom is -0.0836 e. The second-order valence-electron chi connectivity index (χ2n) is 8.75. The second-order valence-corrected chi connectivity index (χ2v) is 9.16. The summed E-state index contributed by atoms with van der Waals surface area (Å²) < 4.78 is 0. The van der Waals surface area contributed by atoms with Crippen molar-refractivity contribution >= 4 is 33.1 Å². The first-order valence-electron chi connectivity index (χ1n) is 11.6. The molecule has 6 aromatic rings. The van der Waals surface area contributed by atoms with Crippen molar-refractivity contribution < 1.29 is 0 Å². The van der Waals surface area contributed by atoms with Crippen molar-refractivity contribution in [3.8, 4) is 33.4 Å². The van der Waals surface area contributed by atoms with Gasteiger partial charge < -0.3 is 0 Å². The fourth-order valence-electron chi connectivity index (χ4n) is 5.08. The Morgan fingerprint density at radius 1 is 0.471 bits per heavy atom. The number of hydrogen-bond donors (Lipinski definition) is 0. The van der Waals surface area contributed by atoms with E-state index >= 15 is 0 Å². The Bertz CT molecular complexity index is 1660. The molecule has 6 aromatic carbocycles. The van der Waals surface area contributed by atoms with Gasteiger partial charge in [-0.25, -0.2) is 0 Å². The van der Waals surface area contributed by atoms with Crippen molar-refractivity contribution in [2.24, 2.45) is 0 Å². The Labute approximate surface area is 205 Å². The fraction of sp³-hybridized carbons (Fsp3) is 0.0303. The van der Waals surface area contributed by atoms with Crippen LogP contribution in [0.4, 0.5) is 0 Å². The summed E-state index contributed by atoms with van der Waals surface area (Å²) in [6, 6.07) is 43.0. The molecule has 0 aliphatic heterocycles. The van der Waals surface area contributed by atoms with Gasteiger partial charge in [-0.1, -0.05) is 121 Å². The molecule has 0 atom stereocenters. The summed E-state index contributed by atoms with van der Waals surface area (Å²) in [5, 5.41) is 5.73. The first-order valence-corrected chi connectivity index (χ1v) is 11.9. The van der Waals surface area contributed by atoms with Gasteiger partial charge in [0.05, 0.1) is 0 Å². The normalized spacial score (nSPS) is 11.2. The highest BCUT2D eigenvalue weighted by Gasteiger charge is 2.16. The third kappa shape index (κ3) is 3.48. The largest absolute Gasteiger partial charge is 0.0836 e. The molecule has 0 radical (unpaired) electrons. The van der Waals surface area contributed by atoms with E-state index in [4.69, 9.17) is 11.6 Å². The molecule has 0 saturated heterocycles. The smallest absolute Gasteiger partial charge is 0.0490 e. The third-order valence-electron chi connectivity index (χ3n) is 6.67. The zero-order valence-electron chi connectivity index (χ0n) is 18.9. The van der Waals surface area contributed by atoms with Gasteiger partial charge in [-0.2, -0.15) is 0 Å². The van der Waals surface area contributed by atoms with Crippen molar-refractivity contribution in [1.29, 1.82) is 0 Å². The van der Waals surface area contributed by atoms with Crippen LogP contribution in [0.3, 0.4) is 0 Å². The van der Waals surface area contributed by atoms with Crippen LogP contribution in [0.25, 0.3) is 54.9 Å². The molecule has 0 amide bonds. The minimum absolute atomic E-state index is 0.765. The van der Waals surface area contributed by atoms with E-state index in [-0.39, 0.29) is 0 Å². The molecule has 0 heterocycles. The van der Waals surface area contributed by atoms with Crippen LogP contribution in [-0.4, -0.2) is 0 Å². The first kappa shape index (κ1) is 20.7. The molecule has 34 heavy (non-hydrogen) atoms. The van der Waals surface area contributed by atoms with Crippen LogP contribution in [0.5, 0.6) is 0 Å². The third-order valence-corrected chi connectivity index (χ3v) is 6.99. The second kappa shape index (κ2) is 8.48. The molecule has 0 saturated carbocycles. The van der Waals surface area contributed by atoms with E-state index in [1.165, 1.54) is 43.8 Å². The van der Waals surface area contributed by atoms with Crippen molar-refractivity contribution in [2.45, 2.75) is 6.92 Å². The van der Waals surface area contributed by atoms with Gasteiger partial charge in [0.2, 0.25) is 0 Å². The van der Waals surface area contributed by atoms with Gasteiger partial charge in [0, 0.05) is 10.6 Å². The molecular weight excluding hydrogens is 432 g/mol. The molecule has 0 bridgehead atoms. The Morgan fingerprint density at radius 3 is 1.91 bits per heavy atom. The average Bonchev–Trinajstić information content (AvgIpc) is 2.88. The number of aryl methyl sites for hydroxylation is 1. The molecule has 0 unspecified atom stereocenters. The molecule has 0 aromatic heterocycles. The monoisotopic (exact) mass is 454 g/mol. The Morgan fingerprint density at radius 2 is 1.12 bits per heavy atom. The summed E-state index contributed by atoms with van der Waals surface area (Å²) in [6.07, 6.45) is 0. The SMILES string of the molecule is Cc1cc(-c2cccc(Cl)c2-c2ccc(-c3ccccc3)c3ccccc23)cc2ccccc12. The lowest BCUT2D eigenvalue weighted by Gasteiger charge is -2.17. The van der Waals surface area contributed by atoms with Crippen LogP contribution in [0.2, 0.25) is 5.02 Å². The van der Waals surface area contributed by atoms with Gasteiger partial charge in [-0.15, -0.1) is 0 Å². The Kier molecular flexibility index (Phi) is 5.17. The number of rotatable bonds is 3. The zero-order chi connectivity index (χ0) is 23.1. The molecule has 162 valence electrons. The summed E-state index contributed by atoms with van der Waals surface area (Å²) >= 11 is 6.93. The maximum atomic E-state index is 6.93. The standard InChI is InChI=1S/C33H23Cl/c1-22-20-25(21-24-12-5-6-13-26(22)24)28-16-9-17-32(34)33(28)31-19-18-27(23-10-3-2-4-11-23)29-14-7-8-15-30(29)31/h2-21H,1H3. The highest BCUT2D eigenvalue weighted by Crippen LogP contribution is 2.43. The molecular formula is C33H23Cl. The maximum Gasteiger partial charge on any atom is 0.0490 e. The van der Waals surface area contributed by atoms with E-state index in [1.54, 1.807) is 0 Å². The lowest BCUT2D eigenvalue weighted by molar-refractivity contribution is 1.51. The van der Waals surface area contributed by atoms with E-state index in [9.17, 15) is 0 Å². The molecule has 0 spiro atoms. The molecule has 0 fully saturated rings. The van der Waals surface area contributed by atoms with Gasteiger partial charge in [-0.3, -0.25) is 0 Å². The topological polar surface area (TPSA) is 0 Å². The van der Waals surface area contributed by atoms with Crippen LogP contribution < -0.4 is 0 Å². The summed E-state index contributed by atoms with van der Waals surface area (Å²) in [6.45, 7) is 2.18. The van der Waals surface area contributed by atoms with Crippen molar-refractivity contribution in [1.82, 2.24) is 0 Å². The van der Waals surface area contributed by atoms with Crippen LogP contribution in [0, 0.1) is 6.92 Å². The summed E-state index contributed by atoms with van der Waals surface area (Å²) in [5.74, 6) is 0. The van der Waals surface area contributed by atoms with E-state index in [0.29, 0.717) is 0 Å². The quantitative estimate of drug-likeness (QED) is 0.249. The molecule has 0 aliphatic carbocycles. The van der Waals surface area contributed by atoms with Crippen LogP contribution >= 0.6 is 11.6 Å². The summed E-state index contributed by atoms with van der Waals surface area (Å²) in [5.41, 5.74) is 8.29. The van der Waals surface area contributed by atoms with Gasteiger partial charge in [0.15, 0.2) is 0 Å². The molecule has 6 rings (SSSR count). The summed E-state index contributed by atoms with van der Waals surface area (Å²) in [4.78, 5) is 0. The van der Waals surface area contributed by atoms with Crippen molar-refractivity contribution in [3.05, 3.63) is 132 Å². The van der Waals surface area contributed by atoms with Crippen LogP contribution in [0.15, 0.2) is 121 Å². The Hall–Kier alpha value is -3.87. The average molecular weight is 455 g/mol. The predicted octanol–water partition coefficient (Wildman–Crippen LogP) is 9.96. The first-order chi connectivity index (χ1) is 16.7. The van der Waals surface area contributed by atoms with Gasteiger partial charge in [0.1, 0.15) is 0 Å². The molecule has 0 N–H and O–H groups in total. The van der Waals surface area contributed by atoms with Gasteiger partial charge in [-0.05, 0) is 74.0 Å². The number of hydrogen-bond acceptors (Lipinski definition) is 0. The van der Waals surface area contributed by atoms with E-state index in [0.717, 1.165) is 21.7 Å². The van der Waals surface area contributed by atoms with Crippen LogP contribution in [-0.2, 0) is 0 Å². The number of benzene rings is 6. The van der Waals surface area contributed by atoms with Crippen LogP contribution in [0.1, 0.15) is 5.56 Å². The minimum atomic E-state index is 0.765. The van der Waals surface area contributed by atoms with E-state index < -0.39 is 0 Å². The fourth-order valence-corrected chi connectivity index (χ4v) is 5.36. The lowest BCUT2D eigenvalue weighted by atomic mass is 9.87. The molecule has 0 aliphatic rings. The predicted molar refractivity (Wildman–Crippen MR) is 148 cm³/mol. The zero-order valence-corrected chi connectivity index (χ0v) is 19.7. The number of fused-ring (bicyclic) bond motifs is 2. The summed E-state index contributed by atoms with van der Waals surface area (Å²) in [7, 11) is 0. The van der Waals surface area contributed by atoms with Gasteiger partial charge in [0.25, 0.3) is 0 Å². The number of halogens is 1. The van der Waals surface area contributed by atoms with E-state index in [1.807, 2.05) is 12.1 Å². The molecule has 1 heteroatoms. The highest BCUT2D eigenvalue weighted by molar-refractivity contribution is 6.34. The lowest BCUT2D eigenvalue weighted by Crippen LogP contribution is -1.91. The highest BCUT2D eigenvalue weighted by atomic mass is 35.5. The maximum absolute atomic E-state index is 6.93. The Balaban J connectivity index is 1.63. The van der Waals surface area contributed by atoms with E-state index in [2.05, 4.69) is 116 Å². The van der Waals surface area contributed by atoms with Crippen molar-refractivity contribution in [2.75, 3.05) is 0 Å². The molecule has 0 nitrogen and oxygen atoms in total. The van der Waals surface area contributed by atoms with Gasteiger partial charge >= 0.3 is 0 Å². The van der Waals surface area contributed by atoms with Crippen molar-refractivity contribution in [3.63, 3.8) is 0 Å².